The van der Waals surface area contributed by atoms with Gasteiger partial charge in [-0.25, -0.2) is 13.2 Å². The maximum atomic E-state index is 13.1. The van der Waals surface area contributed by atoms with Gasteiger partial charge in [0.2, 0.25) is 15.8 Å². The van der Waals surface area contributed by atoms with E-state index in [4.69, 9.17) is 9.47 Å². The van der Waals surface area contributed by atoms with Crippen molar-refractivity contribution in [2.24, 2.45) is 0 Å². The van der Waals surface area contributed by atoms with Crippen molar-refractivity contribution in [1.82, 2.24) is 8.87 Å². The van der Waals surface area contributed by atoms with Gasteiger partial charge < -0.3 is 14.0 Å². The van der Waals surface area contributed by atoms with E-state index in [1.165, 1.54) is 4.31 Å². The molecule has 1 aliphatic rings. The van der Waals surface area contributed by atoms with Gasteiger partial charge in [0.1, 0.15) is 0 Å². The predicted octanol–water partition coefficient (Wildman–Crippen LogP) is 3.46. The summed E-state index contributed by atoms with van der Waals surface area (Å²) < 4.78 is 40.0. The molecule has 0 unspecified atom stereocenters. The number of ether oxygens (including phenoxy) is 2. The Labute approximate surface area is 205 Å². The fourth-order valence-electron chi connectivity index (χ4n) is 4.23. The molecule has 0 amide bonds. The summed E-state index contributed by atoms with van der Waals surface area (Å²) in [5, 5.41) is 0. The van der Waals surface area contributed by atoms with Crippen LogP contribution in [0.4, 0.5) is 0 Å². The SMILES string of the molecule is Cc1cccc(C(=O)OCC(=O)c2cc(C)n(-c3cccc(S(=O)(=O)N4CCOCC4)c3)c2C)c1. The van der Waals surface area contributed by atoms with Crippen molar-refractivity contribution in [2.45, 2.75) is 25.7 Å². The molecule has 9 heteroatoms. The number of nitrogens with zero attached hydrogens (tertiary/aromatic N) is 2. The van der Waals surface area contributed by atoms with Gasteiger partial charge in [0, 0.05) is 35.7 Å². The molecule has 3 aromatic rings. The number of aryl methyl sites for hydroxylation is 2. The van der Waals surface area contributed by atoms with Gasteiger partial charge in [-0.2, -0.15) is 4.31 Å². The highest BCUT2D eigenvalue weighted by Crippen LogP contribution is 2.25. The second-order valence-corrected chi connectivity index (χ2v) is 10.4. The Bertz CT molecular complexity index is 1370. The van der Waals surface area contributed by atoms with Crippen LogP contribution >= 0.6 is 0 Å². The van der Waals surface area contributed by atoms with Crippen molar-refractivity contribution >= 4 is 21.8 Å². The van der Waals surface area contributed by atoms with E-state index >= 15 is 0 Å². The van der Waals surface area contributed by atoms with Gasteiger partial charge in [-0.15, -0.1) is 0 Å². The molecule has 0 bridgehead atoms. The molecule has 2 aromatic carbocycles. The lowest BCUT2D eigenvalue weighted by Crippen LogP contribution is -2.40. The van der Waals surface area contributed by atoms with Gasteiger partial charge in [0.25, 0.3) is 0 Å². The van der Waals surface area contributed by atoms with Crippen LogP contribution in [0, 0.1) is 20.8 Å². The van der Waals surface area contributed by atoms with Gasteiger partial charge in [0.15, 0.2) is 6.61 Å². The van der Waals surface area contributed by atoms with E-state index < -0.39 is 16.0 Å². The number of morpholine rings is 1. The second-order valence-electron chi connectivity index (χ2n) is 8.50. The average Bonchev–Trinajstić information content (AvgIpc) is 3.16. The number of rotatable bonds is 7. The van der Waals surface area contributed by atoms with E-state index in [1.807, 2.05) is 24.5 Å². The summed E-state index contributed by atoms with van der Waals surface area (Å²) in [4.78, 5) is 25.4. The smallest absolute Gasteiger partial charge is 0.338 e. The zero-order valence-corrected chi connectivity index (χ0v) is 20.8. The Kier molecular flexibility index (Phi) is 7.20. The van der Waals surface area contributed by atoms with E-state index in [0.717, 1.165) is 11.3 Å². The third-order valence-corrected chi connectivity index (χ3v) is 7.90. The van der Waals surface area contributed by atoms with Crippen molar-refractivity contribution < 1.29 is 27.5 Å². The van der Waals surface area contributed by atoms with E-state index in [2.05, 4.69) is 0 Å². The van der Waals surface area contributed by atoms with Crippen molar-refractivity contribution in [3.05, 3.63) is 82.7 Å². The largest absolute Gasteiger partial charge is 0.454 e. The number of esters is 1. The molecule has 0 radical (unpaired) electrons. The summed E-state index contributed by atoms with van der Waals surface area (Å²) in [5.74, 6) is -0.890. The van der Waals surface area contributed by atoms with Crippen LogP contribution in [0.2, 0.25) is 0 Å². The first-order chi connectivity index (χ1) is 16.7. The van der Waals surface area contributed by atoms with Crippen molar-refractivity contribution in [3.8, 4) is 5.69 Å². The fraction of sp³-hybridized carbons (Fsp3) is 0.308. The normalized spacial score (nSPS) is 14.6. The van der Waals surface area contributed by atoms with Crippen LogP contribution in [0.3, 0.4) is 0 Å². The topological polar surface area (TPSA) is 94.9 Å². The summed E-state index contributed by atoms with van der Waals surface area (Å²) in [6, 6.07) is 15.4. The molecule has 35 heavy (non-hydrogen) atoms. The first-order valence-corrected chi connectivity index (χ1v) is 12.8. The number of hydrogen-bond donors (Lipinski definition) is 0. The lowest BCUT2D eigenvalue weighted by atomic mass is 10.1. The third kappa shape index (κ3) is 5.22. The third-order valence-electron chi connectivity index (χ3n) is 6.00. The minimum atomic E-state index is -3.66. The summed E-state index contributed by atoms with van der Waals surface area (Å²) >= 11 is 0. The van der Waals surface area contributed by atoms with E-state index in [0.29, 0.717) is 48.8 Å². The minimum absolute atomic E-state index is 0.185. The van der Waals surface area contributed by atoms with Crippen molar-refractivity contribution in [2.75, 3.05) is 32.9 Å². The van der Waals surface area contributed by atoms with Gasteiger partial charge in [0.05, 0.1) is 23.7 Å². The maximum Gasteiger partial charge on any atom is 0.338 e. The number of carbonyl (C=O) groups excluding carboxylic acids is 2. The molecule has 184 valence electrons. The van der Waals surface area contributed by atoms with Crippen LogP contribution in [0.5, 0.6) is 0 Å². The highest BCUT2D eigenvalue weighted by molar-refractivity contribution is 7.89. The summed E-state index contributed by atoms with van der Waals surface area (Å²) in [6.45, 7) is 6.48. The molecular weight excluding hydrogens is 468 g/mol. The molecule has 1 aliphatic heterocycles. The number of Topliss-reactive ketones (excluding diaryl/α,β-unsaturated/α-hetero) is 1. The zero-order valence-electron chi connectivity index (χ0n) is 20.0. The minimum Gasteiger partial charge on any atom is -0.454 e. The number of ketones is 1. The van der Waals surface area contributed by atoms with E-state index in [-0.39, 0.29) is 17.3 Å². The van der Waals surface area contributed by atoms with E-state index in [9.17, 15) is 18.0 Å². The number of hydrogen-bond acceptors (Lipinski definition) is 6. The van der Waals surface area contributed by atoms with Crippen LogP contribution in [-0.4, -0.2) is 62.0 Å². The lowest BCUT2D eigenvalue weighted by molar-refractivity contribution is 0.0474. The summed E-state index contributed by atoms with van der Waals surface area (Å²) in [7, 11) is -3.66. The zero-order chi connectivity index (χ0) is 25.2. The van der Waals surface area contributed by atoms with Crippen LogP contribution in [0.25, 0.3) is 5.69 Å². The molecule has 0 atom stereocenters. The van der Waals surface area contributed by atoms with E-state index in [1.54, 1.807) is 55.5 Å². The van der Waals surface area contributed by atoms with Crippen molar-refractivity contribution in [1.29, 1.82) is 0 Å². The molecule has 0 N–H and O–H groups in total. The first kappa shape index (κ1) is 24.8. The standard InChI is InChI=1S/C26H28N2O6S/c1-18-6-4-7-21(14-18)26(30)34-17-25(29)24-15-19(2)28(20(24)3)22-8-5-9-23(16-22)35(31,32)27-10-12-33-13-11-27/h4-9,14-16H,10-13,17H2,1-3H3. The van der Waals surface area contributed by atoms with Gasteiger partial charge >= 0.3 is 5.97 Å². The van der Waals surface area contributed by atoms with Crippen LogP contribution in [0.15, 0.2) is 59.5 Å². The van der Waals surface area contributed by atoms with Gasteiger partial charge in [-0.05, 0) is 57.2 Å². The average molecular weight is 497 g/mol. The molecule has 8 nitrogen and oxygen atoms in total. The molecule has 1 aromatic heterocycles. The van der Waals surface area contributed by atoms with Crippen LogP contribution in [0.1, 0.15) is 37.7 Å². The molecule has 1 fully saturated rings. The molecule has 0 aliphatic carbocycles. The Hall–Kier alpha value is -3.27. The Morgan fingerprint density at radius 1 is 0.971 bits per heavy atom. The number of carbonyl (C=O) groups is 2. The Balaban J connectivity index is 1.55. The molecule has 1 saturated heterocycles. The Morgan fingerprint density at radius 3 is 2.40 bits per heavy atom. The summed E-state index contributed by atoms with van der Waals surface area (Å²) in [6.07, 6.45) is 0. The second kappa shape index (κ2) is 10.2. The fourth-order valence-corrected chi connectivity index (χ4v) is 5.67. The molecule has 2 heterocycles. The Morgan fingerprint density at radius 2 is 1.69 bits per heavy atom. The quantitative estimate of drug-likeness (QED) is 0.367. The van der Waals surface area contributed by atoms with Gasteiger partial charge in [-0.3, -0.25) is 4.79 Å². The summed E-state index contributed by atoms with van der Waals surface area (Å²) in [5.41, 5.74) is 3.76. The number of aromatic nitrogens is 1. The number of sulfonamides is 1. The molecule has 0 saturated carbocycles. The first-order valence-electron chi connectivity index (χ1n) is 11.3. The highest BCUT2D eigenvalue weighted by atomic mass is 32.2. The molecule has 4 rings (SSSR count). The van der Waals surface area contributed by atoms with Crippen molar-refractivity contribution in [3.63, 3.8) is 0 Å². The monoisotopic (exact) mass is 496 g/mol. The molecule has 0 spiro atoms. The van der Waals surface area contributed by atoms with Crippen LogP contribution in [-0.2, 0) is 19.5 Å². The lowest BCUT2D eigenvalue weighted by Gasteiger charge is -2.26. The van der Waals surface area contributed by atoms with Crippen LogP contribution < -0.4 is 0 Å². The predicted molar refractivity (Wildman–Crippen MR) is 131 cm³/mol. The number of benzene rings is 2. The van der Waals surface area contributed by atoms with Gasteiger partial charge in [-0.1, -0.05) is 23.8 Å². The molecular formula is C26H28N2O6S. The maximum absolute atomic E-state index is 13.1. The highest BCUT2D eigenvalue weighted by Gasteiger charge is 2.27.